The van der Waals surface area contributed by atoms with Crippen LogP contribution in [-0.4, -0.2) is 11.6 Å². The Labute approximate surface area is 103 Å². The maximum Gasteiger partial charge on any atom is 0.165 e. The second kappa shape index (κ2) is 5.76. The lowest BCUT2D eigenvalue weighted by molar-refractivity contribution is -0.121. The van der Waals surface area contributed by atoms with Crippen LogP contribution < -0.4 is 0 Å². The zero-order chi connectivity index (χ0) is 13.0. The van der Waals surface area contributed by atoms with Gasteiger partial charge in [0.2, 0.25) is 0 Å². The molecule has 0 radical (unpaired) electrons. The normalized spacial score (nSPS) is 10.9. The molecule has 0 unspecified atom stereocenters. The largest absolute Gasteiger partial charge is 0.299 e. The molecular formula is C15H20O2. The van der Waals surface area contributed by atoms with Crippen molar-refractivity contribution in [3.63, 3.8) is 0 Å². The fourth-order valence-corrected chi connectivity index (χ4v) is 1.53. The van der Waals surface area contributed by atoms with Crippen LogP contribution in [0, 0.1) is 11.8 Å². The number of carbonyl (C=O) groups is 2. The summed E-state index contributed by atoms with van der Waals surface area (Å²) in [6, 6.07) is 7.36. The third kappa shape index (κ3) is 3.81. The van der Waals surface area contributed by atoms with Crippen LogP contribution in [0.1, 0.15) is 43.6 Å². The van der Waals surface area contributed by atoms with Gasteiger partial charge in [0.1, 0.15) is 5.78 Å². The first kappa shape index (κ1) is 13.6. The van der Waals surface area contributed by atoms with Crippen LogP contribution >= 0.6 is 0 Å². The lowest BCUT2D eigenvalue weighted by Crippen LogP contribution is -2.11. The second-order valence-electron chi connectivity index (χ2n) is 5.01. The molecule has 0 aliphatic heterocycles. The Bertz CT molecular complexity index is 399. The third-order valence-electron chi connectivity index (χ3n) is 2.79. The van der Waals surface area contributed by atoms with Crippen molar-refractivity contribution in [2.75, 3.05) is 0 Å². The van der Waals surface area contributed by atoms with Gasteiger partial charge in [0.15, 0.2) is 5.78 Å². The molecule has 1 rings (SSSR count). The zero-order valence-electron chi connectivity index (χ0n) is 11.0. The summed E-state index contributed by atoms with van der Waals surface area (Å²) in [5, 5.41) is 0. The van der Waals surface area contributed by atoms with E-state index in [0.717, 1.165) is 11.1 Å². The molecule has 0 atom stereocenters. The van der Waals surface area contributed by atoms with Crippen LogP contribution in [0.5, 0.6) is 0 Å². The summed E-state index contributed by atoms with van der Waals surface area (Å²) in [7, 11) is 0. The molecule has 2 heteroatoms. The van der Waals surface area contributed by atoms with Crippen LogP contribution in [0.2, 0.25) is 0 Å². The maximum atomic E-state index is 11.7. The van der Waals surface area contributed by atoms with Gasteiger partial charge in [-0.1, -0.05) is 52.0 Å². The van der Waals surface area contributed by atoms with Crippen LogP contribution in [0.3, 0.4) is 0 Å². The van der Waals surface area contributed by atoms with Crippen LogP contribution in [-0.2, 0) is 11.2 Å². The quantitative estimate of drug-likeness (QED) is 0.730. The van der Waals surface area contributed by atoms with E-state index in [1.165, 1.54) is 0 Å². The fraction of sp³-hybridized carbons (Fsp3) is 0.467. The van der Waals surface area contributed by atoms with Gasteiger partial charge in [0.25, 0.3) is 0 Å². The average Bonchev–Trinajstić information content (AvgIpc) is 2.28. The van der Waals surface area contributed by atoms with Crippen LogP contribution in [0.25, 0.3) is 0 Å². The Kier molecular flexibility index (Phi) is 4.62. The van der Waals surface area contributed by atoms with E-state index in [0.29, 0.717) is 6.42 Å². The van der Waals surface area contributed by atoms with Gasteiger partial charge in [0.05, 0.1) is 0 Å². The van der Waals surface area contributed by atoms with E-state index in [1.807, 2.05) is 52.0 Å². The highest BCUT2D eigenvalue weighted by molar-refractivity contribution is 5.97. The number of Topliss-reactive ketones (excluding diaryl/α,β-unsaturated/α-hetero) is 2. The van der Waals surface area contributed by atoms with E-state index >= 15 is 0 Å². The first-order chi connectivity index (χ1) is 7.91. The van der Waals surface area contributed by atoms with Gasteiger partial charge in [-0.15, -0.1) is 0 Å². The lowest BCUT2D eigenvalue weighted by Gasteiger charge is -2.07. The van der Waals surface area contributed by atoms with Gasteiger partial charge in [-0.3, -0.25) is 9.59 Å². The number of benzene rings is 1. The van der Waals surface area contributed by atoms with Crippen molar-refractivity contribution < 1.29 is 9.59 Å². The van der Waals surface area contributed by atoms with Gasteiger partial charge in [0, 0.05) is 23.8 Å². The van der Waals surface area contributed by atoms with Gasteiger partial charge in [-0.25, -0.2) is 0 Å². The number of ketones is 2. The van der Waals surface area contributed by atoms with Crippen LogP contribution in [0.15, 0.2) is 24.3 Å². The Hall–Kier alpha value is -1.44. The summed E-state index contributed by atoms with van der Waals surface area (Å²) < 4.78 is 0. The van der Waals surface area contributed by atoms with E-state index < -0.39 is 0 Å². The van der Waals surface area contributed by atoms with E-state index in [1.54, 1.807) is 0 Å². The first-order valence-electron chi connectivity index (χ1n) is 6.07. The smallest absolute Gasteiger partial charge is 0.165 e. The van der Waals surface area contributed by atoms with Gasteiger partial charge in [-0.2, -0.15) is 0 Å². The van der Waals surface area contributed by atoms with Crippen molar-refractivity contribution in [1.29, 1.82) is 0 Å². The Morgan fingerprint density at radius 3 is 1.88 bits per heavy atom. The summed E-state index contributed by atoms with van der Waals surface area (Å²) >= 11 is 0. The molecule has 0 bridgehead atoms. The van der Waals surface area contributed by atoms with Crippen molar-refractivity contribution in [1.82, 2.24) is 0 Å². The summed E-state index contributed by atoms with van der Waals surface area (Å²) in [5.41, 5.74) is 1.70. The molecule has 0 fully saturated rings. The van der Waals surface area contributed by atoms with E-state index in [4.69, 9.17) is 0 Å². The minimum absolute atomic E-state index is 0.0122. The van der Waals surface area contributed by atoms with E-state index in [9.17, 15) is 9.59 Å². The summed E-state index contributed by atoms with van der Waals surface area (Å²) in [6.45, 7) is 7.58. The van der Waals surface area contributed by atoms with Crippen molar-refractivity contribution in [2.24, 2.45) is 11.8 Å². The minimum atomic E-state index is 0.0122. The molecule has 2 nitrogen and oxygen atoms in total. The molecular weight excluding hydrogens is 212 g/mol. The van der Waals surface area contributed by atoms with Crippen molar-refractivity contribution in [3.05, 3.63) is 35.4 Å². The molecule has 0 aliphatic carbocycles. The number of carbonyl (C=O) groups excluding carboxylic acids is 2. The number of hydrogen-bond donors (Lipinski definition) is 0. The first-order valence-corrected chi connectivity index (χ1v) is 6.07. The molecule has 0 aliphatic rings. The Morgan fingerprint density at radius 2 is 1.47 bits per heavy atom. The molecule has 0 spiro atoms. The lowest BCUT2D eigenvalue weighted by atomic mass is 9.97. The molecule has 0 N–H and O–H groups in total. The van der Waals surface area contributed by atoms with Crippen molar-refractivity contribution in [2.45, 2.75) is 34.1 Å². The second-order valence-corrected chi connectivity index (χ2v) is 5.01. The highest BCUT2D eigenvalue weighted by atomic mass is 16.1. The number of rotatable bonds is 5. The molecule has 0 saturated carbocycles. The third-order valence-corrected chi connectivity index (χ3v) is 2.79. The monoisotopic (exact) mass is 232 g/mol. The fourth-order valence-electron chi connectivity index (χ4n) is 1.53. The molecule has 0 saturated heterocycles. The Balaban J connectivity index is 2.75. The standard InChI is InChI=1S/C15H20O2/c1-10(2)14(16)9-12-5-7-13(8-6-12)15(17)11(3)4/h5-8,10-11H,9H2,1-4H3. The molecule has 1 aromatic rings. The highest BCUT2D eigenvalue weighted by Gasteiger charge is 2.11. The summed E-state index contributed by atoms with van der Waals surface area (Å²) in [4.78, 5) is 23.3. The predicted molar refractivity (Wildman–Crippen MR) is 69.2 cm³/mol. The molecule has 0 aromatic heterocycles. The topological polar surface area (TPSA) is 34.1 Å². The summed E-state index contributed by atoms with van der Waals surface area (Å²) in [5.74, 6) is 0.449. The highest BCUT2D eigenvalue weighted by Crippen LogP contribution is 2.12. The van der Waals surface area contributed by atoms with Crippen molar-refractivity contribution in [3.8, 4) is 0 Å². The Morgan fingerprint density at radius 1 is 0.941 bits per heavy atom. The molecule has 92 valence electrons. The number of hydrogen-bond acceptors (Lipinski definition) is 2. The molecule has 0 heterocycles. The summed E-state index contributed by atoms with van der Waals surface area (Å²) in [6.07, 6.45) is 0.452. The van der Waals surface area contributed by atoms with Gasteiger partial charge >= 0.3 is 0 Å². The van der Waals surface area contributed by atoms with Crippen molar-refractivity contribution >= 4 is 11.6 Å². The van der Waals surface area contributed by atoms with E-state index in [-0.39, 0.29) is 23.4 Å². The van der Waals surface area contributed by atoms with Gasteiger partial charge in [-0.05, 0) is 5.56 Å². The predicted octanol–water partition coefficient (Wildman–Crippen LogP) is 3.29. The van der Waals surface area contributed by atoms with Crippen LogP contribution in [0.4, 0.5) is 0 Å². The molecule has 0 amide bonds. The van der Waals surface area contributed by atoms with Gasteiger partial charge < -0.3 is 0 Å². The SMILES string of the molecule is CC(C)C(=O)Cc1ccc(C(=O)C(C)C)cc1. The molecule has 1 aromatic carbocycles. The molecule has 17 heavy (non-hydrogen) atoms. The van der Waals surface area contributed by atoms with E-state index in [2.05, 4.69) is 0 Å². The minimum Gasteiger partial charge on any atom is -0.299 e. The zero-order valence-corrected chi connectivity index (χ0v) is 11.0. The maximum absolute atomic E-state index is 11.7. The average molecular weight is 232 g/mol.